The highest BCUT2D eigenvalue weighted by Gasteiger charge is 2.09. The topological polar surface area (TPSA) is 41.1 Å². The minimum Gasteiger partial charge on any atom is -0.352 e. The zero-order valence-electron chi connectivity index (χ0n) is 13.2. The molecule has 3 nitrogen and oxygen atoms in total. The van der Waals surface area contributed by atoms with Gasteiger partial charge in [-0.25, -0.2) is 10.0 Å². The van der Waals surface area contributed by atoms with Crippen molar-refractivity contribution in [1.82, 2.24) is 10.6 Å². The van der Waals surface area contributed by atoms with Crippen LogP contribution in [0, 0.1) is 0 Å². The summed E-state index contributed by atoms with van der Waals surface area (Å²) in [4.78, 5) is 13.3. The third-order valence-corrected chi connectivity index (χ3v) is 4.90. The summed E-state index contributed by atoms with van der Waals surface area (Å²) in [7, 11) is 1.25. The average molecular weight is 296 g/mol. The van der Waals surface area contributed by atoms with Crippen LogP contribution >= 0.6 is 10.0 Å². The van der Waals surface area contributed by atoms with Crippen LogP contribution in [0.4, 0.5) is 0 Å². The van der Waals surface area contributed by atoms with Crippen LogP contribution in [-0.4, -0.2) is 44.8 Å². The van der Waals surface area contributed by atoms with Gasteiger partial charge in [-0.2, -0.15) is 0 Å². The van der Waals surface area contributed by atoms with E-state index in [4.69, 9.17) is 0 Å². The van der Waals surface area contributed by atoms with Crippen LogP contribution in [0.15, 0.2) is 29.2 Å². The molecule has 0 saturated heterocycles. The first-order chi connectivity index (χ1) is 9.45. The first-order valence-electron chi connectivity index (χ1n) is 7.16. The summed E-state index contributed by atoms with van der Waals surface area (Å²) in [6, 6.07) is 8.03. The Labute approximate surface area is 124 Å². The predicted molar refractivity (Wildman–Crippen MR) is 90.2 cm³/mol. The van der Waals surface area contributed by atoms with Crippen molar-refractivity contribution in [2.24, 2.45) is 0 Å². The number of hydrogen-bond donors (Lipinski definition) is 2. The van der Waals surface area contributed by atoms with E-state index in [9.17, 15) is 4.79 Å². The van der Waals surface area contributed by atoms with Gasteiger partial charge in [-0.1, -0.05) is 6.42 Å². The van der Waals surface area contributed by atoms with E-state index in [1.165, 1.54) is 4.90 Å². The molecule has 2 N–H and O–H groups in total. The van der Waals surface area contributed by atoms with Gasteiger partial charge in [0.1, 0.15) is 0 Å². The summed E-state index contributed by atoms with van der Waals surface area (Å²) in [6.07, 6.45) is 10.1. The molecule has 0 saturated carbocycles. The molecule has 0 unspecified atom stereocenters. The van der Waals surface area contributed by atoms with Crippen LogP contribution in [0.1, 0.15) is 29.6 Å². The Kier molecular flexibility index (Phi) is 7.10. The van der Waals surface area contributed by atoms with Crippen LogP contribution in [0.2, 0.25) is 0 Å². The van der Waals surface area contributed by atoms with E-state index in [2.05, 4.69) is 41.5 Å². The van der Waals surface area contributed by atoms with Gasteiger partial charge in [-0.05, 0) is 74.4 Å². The lowest BCUT2D eigenvalue weighted by Crippen LogP contribution is -2.24. The van der Waals surface area contributed by atoms with Gasteiger partial charge in [0, 0.05) is 12.1 Å². The Morgan fingerprint density at radius 1 is 1.00 bits per heavy atom. The van der Waals surface area contributed by atoms with Gasteiger partial charge in [0.05, 0.1) is 0 Å². The summed E-state index contributed by atoms with van der Waals surface area (Å²) in [5.74, 6) is 0.0362. The molecule has 1 amide bonds. The van der Waals surface area contributed by atoms with Crippen molar-refractivity contribution in [2.45, 2.75) is 24.2 Å². The number of amides is 1. The van der Waals surface area contributed by atoms with E-state index in [0.717, 1.165) is 37.9 Å². The average Bonchev–Trinajstić information content (AvgIpc) is 2.41. The summed E-state index contributed by atoms with van der Waals surface area (Å²) >= 11 is 0. The van der Waals surface area contributed by atoms with Crippen molar-refractivity contribution in [3.8, 4) is 0 Å². The van der Waals surface area contributed by atoms with Gasteiger partial charge in [0.25, 0.3) is 5.91 Å². The van der Waals surface area contributed by atoms with E-state index < -0.39 is 10.0 Å². The molecule has 114 valence electrons. The molecule has 0 aromatic heterocycles. The Morgan fingerprint density at radius 3 is 2.15 bits per heavy atom. The first kappa shape index (κ1) is 17.1. The van der Waals surface area contributed by atoms with Crippen molar-refractivity contribution in [2.75, 3.05) is 38.9 Å². The summed E-state index contributed by atoms with van der Waals surface area (Å²) < 4.78 is 0. The number of carbonyl (C=O) groups is 1. The van der Waals surface area contributed by atoms with E-state index in [-0.39, 0.29) is 5.91 Å². The molecule has 0 radical (unpaired) electrons. The lowest BCUT2D eigenvalue weighted by molar-refractivity contribution is 0.0953. The molecule has 1 aromatic rings. The van der Waals surface area contributed by atoms with Gasteiger partial charge >= 0.3 is 0 Å². The van der Waals surface area contributed by atoms with Crippen molar-refractivity contribution in [3.05, 3.63) is 29.8 Å². The number of carbonyl (C=O) groups excluding carboxylic acids is 1. The molecule has 0 aliphatic heterocycles. The molecule has 4 heteroatoms. The predicted octanol–water partition coefficient (Wildman–Crippen LogP) is 2.86. The number of benzene rings is 1. The Hall–Kier alpha value is -1.00. The molecule has 1 rings (SSSR count). The monoisotopic (exact) mass is 296 g/mol. The highest BCUT2D eigenvalue weighted by atomic mass is 32.3. The fourth-order valence-corrected chi connectivity index (χ4v) is 2.87. The quantitative estimate of drug-likeness (QED) is 0.724. The van der Waals surface area contributed by atoms with Crippen LogP contribution in [0.3, 0.4) is 0 Å². The van der Waals surface area contributed by atoms with E-state index in [1.807, 2.05) is 19.2 Å². The maximum absolute atomic E-state index is 12.0. The van der Waals surface area contributed by atoms with Crippen LogP contribution in [-0.2, 0) is 0 Å². The SMILES string of the molecule is CNCCCCCNC(=O)c1ccc(S(C)(C)C)cc1. The molecule has 0 spiro atoms. The lowest BCUT2D eigenvalue weighted by atomic mass is 10.2. The van der Waals surface area contributed by atoms with Gasteiger partial charge < -0.3 is 10.6 Å². The molecular weight excluding hydrogens is 268 g/mol. The first-order valence-corrected chi connectivity index (χ1v) is 10.0. The molecule has 0 fully saturated rings. The van der Waals surface area contributed by atoms with Crippen molar-refractivity contribution in [1.29, 1.82) is 0 Å². The standard InChI is InChI=1S/C16H28N2OS/c1-17-12-6-5-7-13-18-16(19)14-8-10-15(11-9-14)20(2,3)4/h8-11,17H,5-7,12-13H2,1-4H3,(H,18,19). The lowest BCUT2D eigenvalue weighted by Gasteiger charge is -2.25. The molecule has 0 aliphatic rings. The molecular formula is C16H28N2OS. The number of hydrogen-bond acceptors (Lipinski definition) is 2. The molecule has 1 aromatic carbocycles. The maximum Gasteiger partial charge on any atom is 0.251 e. The minimum atomic E-state index is -0.713. The van der Waals surface area contributed by atoms with E-state index in [1.54, 1.807) is 0 Å². The molecule has 0 heterocycles. The van der Waals surface area contributed by atoms with Crippen molar-refractivity contribution in [3.63, 3.8) is 0 Å². The smallest absolute Gasteiger partial charge is 0.251 e. The summed E-state index contributed by atoms with van der Waals surface area (Å²) in [5.41, 5.74) is 0.757. The van der Waals surface area contributed by atoms with Gasteiger partial charge in [-0.15, -0.1) is 0 Å². The summed E-state index contributed by atoms with van der Waals surface area (Å²) in [5, 5.41) is 6.11. The molecule has 0 atom stereocenters. The fourth-order valence-electron chi connectivity index (χ4n) is 1.92. The number of rotatable bonds is 8. The van der Waals surface area contributed by atoms with E-state index in [0.29, 0.717) is 0 Å². The molecule has 0 bridgehead atoms. The minimum absolute atomic E-state index is 0.0362. The zero-order valence-corrected chi connectivity index (χ0v) is 14.0. The van der Waals surface area contributed by atoms with Gasteiger partial charge in [-0.3, -0.25) is 4.79 Å². The highest BCUT2D eigenvalue weighted by molar-refractivity contribution is 8.32. The highest BCUT2D eigenvalue weighted by Crippen LogP contribution is 2.44. The maximum atomic E-state index is 12.0. The van der Waals surface area contributed by atoms with Gasteiger partial charge in [0.15, 0.2) is 0 Å². The van der Waals surface area contributed by atoms with E-state index >= 15 is 0 Å². The van der Waals surface area contributed by atoms with Crippen LogP contribution < -0.4 is 10.6 Å². The van der Waals surface area contributed by atoms with Crippen LogP contribution in [0.25, 0.3) is 0 Å². The zero-order chi connectivity index (χ0) is 15.0. The Bertz CT molecular complexity index is 409. The fraction of sp³-hybridized carbons (Fsp3) is 0.562. The summed E-state index contributed by atoms with van der Waals surface area (Å²) in [6.45, 7) is 1.80. The number of nitrogens with one attached hydrogen (secondary N) is 2. The largest absolute Gasteiger partial charge is 0.352 e. The third kappa shape index (κ3) is 5.97. The third-order valence-electron chi connectivity index (χ3n) is 3.21. The second kappa shape index (κ2) is 8.32. The molecule has 20 heavy (non-hydrogen) atoms. The Balaban J connectivity index is 2.37. The van der Waals surface area contributed by atoms with Gasteiger partial charge in [0.2, 0.25) is 0 Å². The second-order valence-corrected chi connectivity index (χ2v) is 9.93. The van der Waals surface area contributed by atoms with Crippen molar-refractivity contribution >= 4 is 15.9 Å². The molecule has 0 aliphatic carbocycles. The van der Waals surface area contributed by atoms with Crippen molar-refractivity contribution < 1.29 is 4.79 Å². The second-order valence-electron chi connectivity index (χ2n) is 5.78. The number of unbranched alkanes of at least 4 members (excludes halogenated alkanes) is 2. The normalized spacial score (nSPS) is 12.2. The van der Waals surface area contributed by atoms with Crippen LogP contribution in [0.5, 0.6) is 0 Å². The Morgan fingerprint density at radius 2 is 1.60 bits per heavy atom.